The molecule has 8 heteroatoms. The van der Waals surface area contributed by atoms with Gasteiger partial charge in [-0.25, -0.2) is 0 Å². The molecule has 1 N–H and O–H groups in total. The Morgan fingerprint density at radius 3 is 2.24 bits per heavy atom. The van der Waals surface area contributed by atoms with Crippen molar-refractivity contribution in [3.05, 3.63) is 141 Å². The SMILES string of the molecule is CC(C)Cc1ccc(C(=O)[C@@H]2[C@@H](C(=O)c3ccc([N+](=O)[O-])cc3)N3c4ccccc4C=C[C@@H]3[C@]23C(=O)Nc2ccccc23)cc1. The highest BCUT2D eigenvalue weighted by molar-refractivity contribution is 6.18. The lowest BCUT2D eigenvalue weighted by atomic mass is 9.64. The Bertz CT molecular complexity index is 1900. The first-order valence-corrected chi connectivity index (χ1v) is 15.1. The van der Waals surface area contributed by atoms with Crippen LogP contribution in [-0.4, -0.2) is 34.5 Å². The topological polar surface area (TPSA) is 110 Å². The average molecular weight is 598 g/mol. The van der Waals surface area contributed by atoms with E-state index in [0.29, 0.717) is 22.7 Å². The number of ketones is 2. The number of anilines is 2. The van der Waals surface area contributed by atoms with E-state index in [9.17, 15) is 24.5 Å². The highest BCUT2D eigenvalue weighted by atomic mass is 16.6. The second-order valence-electron chi connectivity index (χ2n) is 12.4. The molecule has 4 aromatic carbocycles. The molecule has 1 spiro atoms. The van der Waals surface area contributed by atoms with E-state index in [1.165, 1.54) is 24.3 Å². The van der Waals surface area contributed by atoms with Crippen molar-refractivity contribution in [2.24, 2.45) is 11.8 Å². The van der Waals surface area contributed by atoms with Gasteiger partial charge in [0.05, 0.1) is 16.9 Å². The number of para-hydroxylation sites is 2. The van der Waals surface area contributed by atoms with Crippen LogP contribution in [0.4, 0.5) is 17.1 Å². The first-order chi connectivity index (χ1) is 21.7. The molecule has 1 saturated heterocycles. The second-order valence-corrected chi connectivity index (χ2v) is 12.4. The molecule has 3 aliphatic rings. The van der Waals surface area contributed by atoms with Crippen LogP contribution in [0.5, 0.6) is 0 Å². The minimum Gasteiger partial charge on any atom is -0.352 e. The van der Waals surface area contributed by atoms with E-state index < -0.39 is 28.3 Å². The van der Waals surface area contributed by atoms with Crippen LogP contribution < -0.4 is 10.2 Å². The van der Waals surface area contributed by atoms with Crippen LogP contribution >= 0.6 is 0 Å². The van der Waals surface area contributed by atoms with Crippen molar-refractivity contribution in [2.45, 2.75) is 37.8 Å². The third-order valence-corrected chi connectivity index (χ3v) is 9.34. The molecule has 4 aromatic rings. The van der Waals surface area contributed by atoms with Crippen LogP contribution in [0.2, 0.25) is 0 Å². The Balaban J connectivity index is 1.47. The van der Waals surface area contributed by atoms with E-state index >= 15 is 0 Å². The van der Waals surface area contributed by atoms with Crippen LogP contribution in [0.1, 0.15) is 51.3 Å². The summed E-state index contributed by atoms with van der Waals surface area (Å²) in [6.45, 7) is 4.26. The summed E-state index contributed by atoms with van der Waals surface area (Å²) in [6.07, 6.45) is 4.74. The molecule has 0 saturated carbocycles. The molecule has 4 atom stereocenters. The van der Waals surface area contributed by atoms with Crippen LogP contribution in [0.15, 0.2) is 103 Å². The number of hydrogen-bond acceptors (Lipinski definition) is 6. The summed E-state index contributed by atoms with van der Waals surface area (Å²) in [5.74, 6) is -1.70. The zero-order valence-corrected chi connectivity index (χ0v) is 24.8. The Morgan fingerprint density at radius 2 is 1.53 bits per heavy atom. The molecule has 1 amide bonds. The second kappa shape index (κ2) is 10.7. The van der Waals surface area contributed by atoms with Gasteiger partial charge in [0, 0.05) is 34.6 Å². The zero-order valence-electron chi connectivity index (χ0n) is 24.8. The highest BCUT2D eigenvalue weighted by Gasteiger charge is 2.70. The van der Waals surface area contributed by atoms with Crippen LogP contribution in [0, 0.1) is 22.0 Å². The zero-order chi connectivity index (χ0) is 31.5. The molecular weight excluding hydrogens is 566 g/mol. The van der Waals surface area contributed by atoms with E-state index in [1.807, 2.05) is 77.7 Å². The third kappa shape index (κ3) is 4.31. The van der Waals surface area contributed by atoms with Crippen molar-refractivity contribution >= 4 is 40.6 Å². The van der Waals surface area contributed by atoms with Crippen molar-refractivity contribution < 1.29 is 19.3 Å². The van der Waals surface area contributed by atoms with E-state index in [4.69, 9.17) is 0 Å². The monoisotopic (exact) mass is 597 g/mol. The number of Topliss-reactive ketones (excluding diaryl/α,β-unsaturated/α-hetero) is 2. The summed E-state index contributed by atoms with van der Waals surface area (Å²) >= 11 is 0. The standard InChI is InChI=1S/C37H31N3O5/c1-22(2)21-23-11-13-25(14-12-23)34(41)32-33(35(42)26-15-18-27(19-16-26)40(44)45)39-30-10-6-3-7-24(30)17-20-31(39)37(32)28-8-4-5-9-29(28)38-36(37)43/h3-20,22,31-33H,21H2,1-2H3,(H,38,43)/t31-,32+,33+,37+/m1/s1. The molecule has 224 valence electrons. The van der Waals surface area contributed by atoms with E-state index in [2.05, 4.69) is 19.2 Å². The predicted molar refractivity (Wildman–Crippen MR) is 173 cm³/mol. The molecular formula is C37H31N3O5. The molecule has 0 aromatic heterocycles. The van der Waals surface area contributed by atoms with Crippen LogP contribution in [0.25, 0.3) is 6.08 Å². The third-order valence-electron chi connectivity index (χ3n) is 9.34. The molecule has 0 aliphatic carbocycles. The molecule has 7 rings (SSSR count). The van der Waals surface area contributed by atoms with Crippen LogP contribution in [-0.2, 0) is 16.6 Å². The Hall–Kier alpha value is -5.37. The number of hydrogen-bond donors (Lipinski definition) is 1. The van der Waals surface area contributed by atoms with E-state index in [-0.39, 0.29) is 28.7 Å². The quantitative estimate of drug-likeness (QED) is 0.145. The molecule has 0 radical (unpaired) electrons. The fraction of sp³-hybridized carbons (Fsp3) is 0.216. The van der Waals surface area contributed by atoms with Gasteiger partial charge >= 0.3 is 0 Å². The minimum absolute atomic E-state index is 0.142. The lowest BCUT2D eigenvalue weighted by molar-refractivity contribution is -0.384. The summed E-state index contributed by atoms with van der Waals surface area (Å²) in [7, 11) is 0. The van der Waals surface area contributed by atoms with Crippen molar-refractivity contribution in [1.29, 1.82) is 0 Å². The smallest absolute Gasteiger partial charge is 0.269 e. The van der Waals surface area contributed by atoms with Gasteiger partial charge in [0.1, 0.15) is 11.5 Å². The summed E-state index contributed by atoms with van der Waals surface area (Å²) < 4.78 is 0. The van der Waals surface area contributed by atoms with Gasteiger partial charge in [0.2, 0.25) is 5.91 Å². The maximum atomic E-state index is 15.0. The summed E-state index contributed by atoms with van der Waals surface area (Å²) in [5, 5.41) is 14.4. The van der Waals surface area contributed by atoms with Crippen LogP contribution in [0.3, 0.4) is 0 Å². The van der Waals surface area contributed by atoms with Crippen molar-refractivity contribution in [2.75, 3.05) is 10.2 Å². The number of non-ortho nitro benzene ring substituents is 1. The number of fused-ring (bicyclic) bond motifs is 6. The Labute approximate surface area is 260 Å². The molecule has 0 unspecified atom stereocenters. The van der Waals surface area contributed by atoms with Gasteiger partial charge in [-0.05, 0) is 53.3 Å². The molecule has 3 aliphatic heterocycles. The van der Waals surface area contributed by atoms with Gasteiger partial charge in [-0.2, -0.15) is 0 Å². The number of nitro benzene ring substituents is 1. The molecule has 3 heterocycles. The Morgan fingerprint density at radius 1 is 0.889 bits per heavy atom. The number of nitrogens with one attached hydrogen (secondary N) is 1. The van der Waals surface area contributed by atoms with E-state index in [1.54, 1.807) is 12.1 Å². The number of nitrogens with zero attached hydrogens (tertiary/aromatic N) is 2. The largest absolute Gasteiger partial charge is 0.352 e. The highest BCUT2D eigenvalue weighted by Crippen LogP contribution is 2.58. The van der Waals surface area contributed by atoms with Gasteiger partial charge in [-0.3, -0.25) is 24.5 Å². The fourth-order valence-electron chi connectivity index (χ4n) is 7.49. The summed E-state index contributed by atoms with van der Waals surface area (Å²) in [5.41, 5.74) is 3.07. The lowest BCUT2D eigenvalue weighted by Gasteiger charge is -2.37. The number of nitro groups is 1. The summed E-state index contributed by atoms with van der Waals surface area (Å²) in [4.78, 5) is 57.0. The summed E-state index contributed by atoms with van der Waals surface area (Å²) in [6, 6.07) is 26.2. The predicted octanol–water partition coefficient (Wildman–Crippen LogP) is 6.65. The van der Waals surface area contributed by atoms with E-state index in [0.717, 1.165) is 23.2 Å². The van der Waals surface area contributed by atoms with Gasteiger partial charge in [0.25, 0.3) is 5.69 Å². The Kier molecular flexibility index (Phi) is 6.73. The average Bonchev–Trinajstić information content (AvgIpc) is 3.52. The van der Waals surface area contributed by atoms with Crippen molar-refractivity contribution in [3.63, 3.8) is 0 Å². The molecule has 0 bridgehead atoms. The maximum Gasteiger partial charge on any atom is 0.269 e. The molecule has 8 nitrogen and oxygen atoms in total. The number of carbonyl (C=O) groups is 3. The van der Waals surface area contributed by atoms with Gasteiger partial charge in [0.15, 0.2) is 11.6 Å². The first-order valence-electron chi connectivity index (χ1n) is 15.1. The van der Waals surface area contributed by atoms with Crippen molar-refractivity contribution in [3.8, 4) is 0 Å². The molecule has 1 fully saturated rings. The first kappa shape index (κ1) is 28.4. The number of benzene rings is 4. The van der Waals surface area contributed by atoms with Crippen molar-refractivity contribution in [1.82, 2.24) is 0 Å². The maximum absolute atomic E-state index is 15.0. The number of rotatable bonds is 7. The van der Waals surface area contributed by atoms with Gasteiger partial charge < -0.3 is 10.2 Å². The fourth-order valence-corrected chi connectivity index (χ4v) is 7.49. The van der Waals surface area contributed by atoms with Gasteiger partial charge in [-0.15, -0.1) is 0 Å². The molecule has 45 heavy (non-hydrogen) atoms. The number of carbonyl (C=O) groups excluding carboxylic acids is 3. The normalized spacial score (nSPS) is 22.6. The minimum atomic E-state index is -1.42. The lowest BCUT2D eigenvalue weighted by Crippen LogP contribution is -2.51. The van der Waals surface area contributed by atoms with Gasteiger partial charge in [-0.1, -0.05) is 86.7 Å². The number of amides is 1.